The van der Waals surface area contributed by atoms with E-state index in [2.05, 4.69) is 6.58 Å². The molecule has 0 saturated carbocycles. The molecule has 2 fully saturated rings. The van der Waals surface area contributed by atoms with Gasteiger partial charge in [-0.2, -0.15) is 0 Å². The zero-order chi connectivity index (χ0) is 16.7. The van der Waals surface area contributed by atoms with Crippen LogP contribution in [-0.4, -0.2) is 24.7 Å². The van der Waals surface area contributed by atoms with Gasteiger partial charge in [0.05, 0.1) is 10.5 Å². The largest absolute Gasteiger partial charge is 0.299 e. The monoisotopic (exact) mass is 340 g/mol. The number of rotatable bonds is 10. The summed E-state index contributed by atoms with van der Waals surface area (Å²) in [5.41, 5.74) is 0. The van der Waals surface area contributed by atoms with E-state index >= 15 is 0 Å². The van der Waals surface area contributed by atoms with E-state index < -0.39 is 9.84 Å². The highest BCUT2D eigenvalue weighted by Crippen LogP contribution is 2.40. The molecule has 4 heteroatoms. The van der Waals surface area contributed by atoms with E-state index in [0.717, 1.165) is 38.5 Å². The number of Topliss-reactive ketones (excluding diaryl/α,β-unsaturated/α-hetero) is 1. The number of carbonyl (C=O) groups excluding carboxylic acids is 1. The Hall–Kier alpha value is -0.640. The van der Waals surface area contributed by atoms with E-state index in [1.165, 1.54) is 25.7 Å². The molecule has 0 radical (unpaired) electrons. The van der Waals surface area contributed by atoms with Crippen molar-refractivity contribution in [2.75, 3.05) is 0 Å². The maximum atomic E-state index is 12.4. The SMILES string of the molecule is C=CCCCCCCCCC(=O)C1CC2CCCC(C1)S2(=O)=O. The lowest BCUT2D eigenvalue weighted by Crippen LogP contribution is -2.45. The molecule has 2 bridgehead atoms. The van der Waals surface area contributed by atoms with E-state index in [4.69, 9.17) is 0 Å². The van der Waals surface area contributed by atoms with Crippen molar-refractivity contribution in [1.82, 2.24) is 0 Å². The van der Waals surface area contributed by atoms with Crippen LogP contribution in [0.25, 0.3) is 0 Å². The summed E-state index contributed by atoms with van der Waals surface area (Å²) >= 11 is 0. The zero-order valence-electron chi connectivity index (χ0n) is 14.3. The molecule has 2 atom stereocenters. The first-order chi connectivity index (χ1) is 11.1. The Labute approximate surface area is 141 Å². The van der Waals surface area contributed by atoms with Gasteiger partial charge in [-0.05, 0) is 44.9 Å². The molecule has 2 unspecified atom stereocenters. The second-order valence-corrected chi connectivity index (χ2v) is 9.86. The number of allylic oxidation sites excluding steroid dienone is 1. The molecule has 3 nitrogen and oxygen atoms in total. The van der Waals surface area contributed by atoms with Crippen molar-refractivity contribution in [3.8, 4) is 0 Å². The highest BCUT2D eigenvalue weighted by atomic mass is 32.2. The van der Waals surface area contributed by atoms with Crippen LogP contribution in [-0.2, 0) is 14.6 Å². The van der Waals surface area contributed by atoms with Gasteiger partial charge in [-0.25, -0.2) is 8.42 Å². The molecule has 23 heavy (non-hydrogen) atoms. The van der Waals surface area contributed by atoms with E-state index in [0.29, 0.717) is 25.0 Å². The highest BCUT2D eigenvalue weighted by molar-refractivity contribution is 7.92. The summed E-state index contributed by atoms with van der Waals surface area (Å²) in [5, 5.41) is -0.456. The molecule has 2 aliphatic rings. The number of hydrogen-bond acceptors (Lipinski definition) is 3. The first-order valence-corrected chi connectivity index (χ1v) is 11.0. The third-order valence-corrected chi connectivity index (χ3v) is 8.33. The van der Waals surface area contributed by atoms with Crippen LogP contribution in [0.5, 0.6) is 0 Å². The normalized spacial score (nSPS) is 29.1. The molecule has 2 rings (SSSR count). The van der Waals surface area contributed by atoms with Crippen LogP contribution < -0.4 is 0 Å². The van der Waals surface area contributed by atoms with Crippen LogP contribution in [0.3, 0.4) is 0 Å². The van der Waals surface area contributed by atoms with Gasteiger partial charge in [0.1, 0.15) is 5.78 Å². The summed E-state index contributed by atoms with van der Waals surface area (Å²) in [7, 11) is -2.93. The van der Waals surface area contributed by atoms with Crippen LogP contribution in [0.2, 0.25) is 0 Å². The predicted octanol–water partition coefficient (Wildman–Crippen LogP) is 4.61. The van der Waals surface area contributed by atoms with Crippen molar-refractivity contribution in [3.05, 3.63) is 12.7 Å². The number of carbonyl (C=O) groups is 1. The van der Waals surface area contributed by atoms with Crippen LogP contribution in [0.15, 0.2) is 12.7 Å². The Bertz CT molecular complexity index is 475. The van der Waals surface area contributed by atoms with Crippen molar-refractivity contribution < 1.29 is 13.2 Å². The highest BCUT2D eigenvalue weighted by Gasteiger charge is 2.45. The number of sulfone groups is 1. The molecule has 2 heterocycles. The molecule has 2 aliphatic heterocycles. The zero-order valence-corrected chi connectivity index (χ0v) is 15.2. The van der Waals surface area contributed by atoms with Crippen LogP contribution in [0, 0.1) is 5.92 Å². The van der Waals surface area contributed by atoms with E-state index in [-0.39, 0.29) is 16.4 Å². The Morgan fingerprint density at radius 1 is 0.957 bits per heavy atom. The van der Waals surface area contributed by atoms with E-state index in [1.54, 1.807) is 0 Å². The van der Waals surface area contributed by atoms with Gasteiger partial charge in [0, 0.05) is 12.3 Å². The quantitative estimate of drug-likeness (QED) is 0.431. The Morgan fingerprint density at radius 3 is 2.13 bits per heavy atom. The summed E-state index contributed by atoms with van der Waals surface area (Å²) in [6.45, 7) is 3.73. The maximum absolute atomic E-state index is 12.4. The number of fused-ring (bicyclic) bond motifs is 2. The van der Waals surface area contributed by atoms with Gasteiger partial charge in [-0.3, -0.25) is 4.79 Å². The molecule has 0 aliphatic carbocycles. The Balaban J connectivity index is 1.64. The molecule has 0 aromatic heterocycles. The molecule has 0 aromatic rings. The van der Waals surface area contributed by atoms with Crippen molar-refractivity contribution in [3.63, 3.8) is 0 Å². The van der Waals surface area contributed by atoms with Crippen LogP contribution >= 0.6 is 0 Å². The maximum Gasteiger partial charge on any atom is 0.156 e. The summed E-state index contributed by atoms with van der Waals surface area (Å²) in [4.78, 5) is 12.4. The lowest BCUT2D eigenvalue weighted by Gasteiger charge is -2.38. The third kappa shape index (κ3) is 5.17. The number of unbranched alkanes of at least 4 members (excludes halogenated alkanes) is 6. The van der Waals surface area contributed by atoms with Gasteiger partial charge >= 0.3 is 0 Å². The lowest BCUT2D eigenvalue weighted by atomic mass is 9.85. The van der Waals surface area contributed by atoms with Gasteiger partial charge in [0.15, 0.2) is 9.84 Å². The average molecular weight is 341 g/mol. The topological polar surface area (TPSA) is 51.2 Å². The van der Waals surface area contributed by atoms with Crippen molar-refractivity contribution >= 4 is 15.6 Å². The van der Waals surface area contributed by atoms with E-state index in [9.17, 15) is 13.2 Å². The summed E-state index contributed by atoms with van der Waals surface area (Å²) in [6, 6.07) is 0. The van der Waals surface area contributed by atoms with Gasteiger partial charge in [0.25, 0.3) is 0 Å². The molecule has 0 N–H and O–H groups in total. The first-order valence-electron chi connectivity index (χ1n) is 9.42. The molecule has 2 saturated heterocycles. The number of ketones is 1. The van der Waals surface area contributed by atoms with Gasteiger partial charge in [0.2, 0.25) is 0 Å². The number of hydrogen-bond donors (Lipinski definition) is 0. The third-order valence-electron chi connectivity index (χ3n) is 5.61. The minimum Gasteiger partial charge on any atom is -0.299 e. The minimum absolute atomic E-state index is 0.0152. The smallest absolute Gasteiger partial charge is 0.156 e. The fraction of sp³-hybridized carbons (Fsp3) is 0.842. The van der Waals surface area contributed by atoms with Crippen LogP contribution in [0.4, 0.5) is 0 Å². The first kappa shape index (κ1) is 18.7. The standard InChI is InChI=1S/C19H32O3S/c1-2-3-4-5-6-7-8-9-13-19(20)16-14-17-11-10-12-18(15-16)23(17,21)22/h2,16-18H,1,3-15H2. The van der Waals surface area contributed by atoms with E-state index in [1.807, 2.05) is 6.08 Å². The summed E-state index contributed by atoms with van der Waals surface area (Å²) in [6.07, 6.45) is 14.5. The average Bonchev–Trinajstić information content (AvgIpc) is 2.48. The molecule has 0 spiro atoms. The predicted molar refractivity (Wildman–Crippen MR) is 95.2 cm³/mol. The minimum atomic E-state index is -2.93. The fourth-order valence-electron chi connectivity index (χ4n) is 4.17. The van der Waals surface area contributed by atoms with Crippen LogP contribution in [0.1, 0.15) is 83.5 Å². The Kier molecular flexibility index (Phi) is 7.32. The Morgan fingerprint density at radius 2 is 1.52 bits per heavy atom. The molecule has 0 amide bonds. The van der Waals surface area contributed by atoms with Crippen molar-refractivity contribution in [2.45, 2.75) is 94.0 Å². The molecular weight excluding hydrogens is 308 g/mol. The molecular formula is C19H32O3S. The second-order valence-electron chi connectivity index (χ2n) is 7.35. The summed E-state index contributed by atoms with van der Waals surface area (Å²) in [5.74, 6) is 0.338. The lowest BCUT2D eigenvalue weighted by molar-refractivity contribution is -0.123. The van der Waals surface area contributed by atoms with Gasteiger partial charge < -0.3 is 0 Å². The molecule has 132 valence electrons. The van der Waals surface area contributed by atoms with Gasteiger partial charge in [-0.15, -0.1) is 6.58 Å². The van der Waals surface area contributed by atoms with Gasteiger partial charge in [-0.1, -0.05) is 38.2 Å². The second kappa shape index (κ2) is 9.00. The van der Waals surface area contributed by atoms with Crippen molar-refractivity contribution in [1.29, 1.82) is 0 Å². The molecule has 0 aromatic carbocycles. The fourth-order valence-corrected chi connectivity index (χ4v) is 6.71. The van der Waals surface area contributed by atoms with Crippen molar-refractivity contribution in [2.24, 2.45) is 5.92 Å². The summed E-state index contributed by atoms with van der Waals surface area (Å²) < 4.78 is 24.5.